The predicted octanol–water partition coefficient (Wildman–Crippen LogP) is 1.91. The van der Waals surface area contributed by atoms with Crippen LogP contribution in [-0.2, 0) is 4.79 Å². The minimum atomic E-state index is -0.00775. The summed E-state index contributed by atoms with van der Waals surface area (Å²) in [6.07, 6.45) is 4.32. The number of hydrogen-bond acceptors (Lipinski definition) is 2. The molecule has 0 bridgehead atoms. The fraction of sp³-hybridized carbons (Fsp3) is 0.917. The van der Waals surface area contributed by atoms with Crippen LogP contribution in [0.1, 0.15) is 46.5 Å². The Morgan fingerprint density at radius 3 is 2.47 bits per heavy atom. The van der Waals surface area contributed by atoms with Crippen LogP contribution in [0.3, 0.4) is 0 Å². The first-order valence-corrected chi connectivity index (χ1v) is 6.09. The highest BCUT2D eigenvalue weighted by Crippen LogP contribution is 2.10. The van der Waals surface area contributed by atoms with E-state index < -0.39 is 0 Å². The summed E-state index contributed by atoms with van der Waals surface area (Å²) in [4.78, 5) is 11.7. The molecular formula is C12H26N2O. The third kappa shape index (κ3) is 7.37. The van der Waals surface area contributed by atoms with Crippen molar-refractivity contribution in [2.24, 2.45) is 17.6 Å². The third-order valence-electron chi connectivity index (χ3n) is 2.49. The lowest BCUT2D eigenvalue weighted by atomic mass is 9.96. The molecule has 15 heavy (non-hydrogen) atoms. The Kier molecular flexibility index (Phi) is 8.38. The van der Waals surface area contributed by atoms with E-state index in [0.717, 1.165) is 19.4 Å². The van der Waals surface area contributed by atoms with Crippen LogP contribution >= 0.6 is 0 Å². The number of unbranched alkanes of at least 4 members (excludes halogenated alkanes) is 2. The van der Waals surface area contributed by atoms with Gasteiger partial charge in [-0.3, -0.25) is 4.79 Å². The van der Waals surface area contributed by atoms with Crippen molar-refractivity contribution >= 4 is 5.91 Å². The van der Waals surface area contributed by atoms with E-state index in [0.29, 0.717) is 12.5 Å². The minimum absolute atomic E-state index is 0.00775. The van der Waals surface area contributed by atoms with Gasteiger partial charge in [0.15, 0.2) is 0 Å². The van der Waals surface area contributed by atoms with Crippen LogP contribution in [0.2, 0.25) is 0 Å². The van der Waals surface area contributed by atoms with Crippen molar-refractivity contribution in [1.82, 2.24) is 5.32 Å². The van der Waals surface area contributed by atoms with Gasteiger partial charge >= 0.3 is 0 Å². The van der Waals surface area contributed by atoms with Crippen molar-refractivity contribution in [3.8, 4) is 0 Å². The molecule has 0 heterocycles. The number of carbonyl (C=O) groups excluding carboxylic acids is 1. The summed E-state index contributed by atoms with van der Waals surface area (Å²) in [7, 11) is 0. The number of amides is 1. The van der Waals surface area contributed by atoms with Crippen LogP contribution in [0.5, 0.6) is 0 Å². The predicted molar refractivity (Wildman–Crippen MR) is 64.5 cm³/mol. The standard InChI is InChI=1S/C12H26N2O/c1-4-5-6-7-14-12(15)11(9-13)8-10(2)3/h10-11H,4-9,13H2,1-3H3,(H,14,15). The quantitative estimate of drug-likeness (QED) is 0.606. The first kappa shape index (κ1) is 14.4. The SMILES string of the molecule is CCCCCNC(=O)C(CN)CC(C)C. The van der Waals surface area contributed by atoms with Gasteiger partial charge in [0.05, 0.1) is 5.92 Å². The van der Waals surface area contributed by atoms with Crippen LogP contribution in [-0.4, -0.2) is 19.0 Å². The van der Waals surface area contributed by atoms with E-state index in [-0.39, 0.29) is 11.8 Å². The van der Waals surface area contributed by atoms with E-state index in [1.807, 2.05) is 0 Å². The summed E-state index contributed by atoms with van der Waals surface area (Å²) in [5.41, 5.74) is 5.59. The maximum atomic E-state index is 11.7. The van der Waals surface area contributed by atoms with E-state index >= 15 is 0 Å². The maximum absolute atomic E-state index is 11.7. The van der Waals surface area contributed by atoms with E-state index in [9.17, 15) is 4.79 Å². The largest absolute Gasteiger partial charge is 0.356 e. The van der Waals surface area contributed by atoms with Gasteiger partial charge in [-0.15, -0.1) is 0 Å². The Labute approximate surface area is 93.8 Å². The molecule has 1 amide bonds. The van der Waals surface area contributed by atoms with E-state index in [4.69, 9.17) is 5.73 Å². The average molecular weight is 214 g/mol. The smallest absolute Gasteiger partial charge is 0.224 e. The van der Waals surface area contributed by atoms with Gasteiger partial charge in [0.25, 0.3) is 0 Å². The summed E-state index contributed by atoms with van der Waals surface area (Å²) >= 11 is 0. The number of rotatable bonds is 8. The van der Waals surface area contributed by atoms with E-state index in [2.05, 4.69) is 26.1 Å². The lowest BCUT2D eigenvalue weighted by Gasteiger charge is -2.16. The molecule has 3 nitrogen and oxygen atoms in total. The van der Waals surface area contributed by atoms with Gasteiger partial charge in [0.2, 0.25) is 5.91 Å². The van der Waals surface area contributed by atoms with Gasteiger partial charge < -0.3 is 11.1 Å². The summed E-state index contributed by atoms with van der Waals surface area (Å²) in [5, 5.41) is 2.95. The molecule has 0 fully saturated rings. The number of carbonyl (C=O) groups is 1. The summed E-state index contributed by atoms with van der Waals surface area (Å²) in [6, 6.07) is 0. The number of nitrogens with two attached hydrogens (primary N) is 1. The molecule has 0 rings (SSSR count). The van der Waals surface area contributed by atoms with Crippen LogP contribution in [0.15, 0.2) is 0 Å². The lowest BCUT2D eigenvalue weighted by Crippen LogP contribution is -2.36. The highest BCUT2D eigenvalue weighted by molar-refractivity contribution is 5.78. The van der Waals surface area contributed by atoms with E-state index in [1.165, 1.54) is 12.8 Å². The number of nitrogens with one attached hydrogen (secondary N) is 1. The van der Waals surface area contributed by atoms with Gasteiger partial charge in [-0.05, 0) is 18.8 Å². The van der Waals surface area contributed by atoms with Gasteiger partial charge in [0, 0.05) is 13.1 Å². The summed E-state index contributed by atoms with van der Waals surface area (Å²) in [5.74, 6) is 0.647. The highest BCUT2D eigenvalue weighted by atomic mass is 16.1. The number of hydrogen-bond donors (Lipinski definition) is 2. The van der Waals surface area contributed by atoms with Gasteiger partial charge in [-0.1, -0.05) is 33.6 Å². The Balaban J connectivity index is 3.73. The Bertz CT molecular complexity index is 169. The van der Waals surface area contributed by atoms with Crippen molar-refractivity contribution in [3.05, 3.63) is 0 Å². The first-order valence-electron chi connectivity index (χ1n) is 6.09. The zero-order chi connectivity index (χ0) is 11.7. The molecule has 0 aliphatic heterocycles. The molecule has 0 aliphatic carbocycles. The molecule has 0 spiro atoms. The third-order valence-corrected chi connectivity index (χ3v) is 2.49. The molecule has 0 aromatic rings. The van der Waals surface area contributed by atoms with Gasteiger partial charge in [-0.2, -0.15) is 0 Å². The van der Waals surface area contributed by atoms with Crippen molar-refractivity contribution < 1.29 is 4.79 Å². The second kappa shape index (κ2) is 8.72. The highest BCUT2D eigenvalue weighted by Gasteiger charge is 2.17. The van der Waals surface area contributed by atoms with Crippen molar-refractivity contribution in [1.29, 1.82) is 0 Å². The fourth-order valence-electron chi connectivity index (χ4n) is 1.61. The van der Waals surface area contributed by atoms with Crippen molar-refractivity contribution in [3.63, 3.8) is 0 Å². The van der Waals surface area contributed by atoms with E-state index in [1.54, 1.807) is 0 Å². The first-order chi connectivity index (χ1) is 7.11. The molecule has 3 heteroatoms. The molecule has 3 N–H and O–H groups in total. The van der Waals surface area contributed by atoms with Gasteiger partial charge in [-0.25, -0.2) is 0 Å². The zero-order valence-corrected chi connectivity index (χ0v) is 10.4. The minimum Gasteiger partial charge on any atom is -0.356 e. The topological polar surface area (TPSA) is 55.1 Å². The molecule has 0 aromatic heterocycles. The molecule has 0 aliphatic rings. The van der Waals surface area contributed by atoms with Crippen LogP contribution in [0.4, 0.5) is 0 Å². The second-order valence-electron chi connectivity index (χ2n) is 4.56. The lowest BCUT2D eigenvalue weighted by molar-refractivity contribution is -0.125. The molecule has 1 unspecified atom stereocenters. The van der Waals surface area contributed by atoms with Crippen LogP contribution in [0, 0.1) is 11.8 Å². The zero-order valence-electron chi connectivity index (χ0n) is 10.4. The molecule has 0 aromatic carbocycles. The van der Waals surface area contributed by atoms with Crippen LogP contribution < -0.4 is 11.1 Å². The maximum Gasteiger partial charge on any atom is 0.224 e. The summed E-state index contributed by atoms with van der Waals surface area (Å²) in [6.45, 7) is 7.64. The monoisotopic (exact) mass is 214 g/mol. The molecular weight excluding hydrogens is 188 g/mol. The molecule has 0 radical (unpaired) electrons. The molecule has 0 saturated heterocycles. The Hall–Kier alpha value is -0.570. The van der Waals surface area contributed by atoms with Crippen molar-refractivity contribution in [2.45, 2.75) is 46.5 Å². The second-order valence-corrected chi connectivity index (χ2v) is 4.56. The fourth-order valence-corrected chi connectivity index (χ4v) is 1.61. The Morgan fingerprint density at radius 1 is 1.33 bits per heavy atom. The van der Waals surface area contributed by atoms with Crippen molar-refractivity contribution in [2.75, 3.05) is 13.1 Å². The molecule has 0 saturated carbocycles. The van der Waals surface area contributed by atoms with Crippen LogP contribution in [0.25, 0.3) is 0 Å². The Morgan fingerprint density at radius 2 is 2.00 bits per heavy atom. The van der Waals surface area contributed by atoms with Gasteiger partial charge in [0.1, 0.15) is 0 Å². The molecule has 90 valence electrons. The summed E-state index contributed by atoms with van der Waals surface area (Å²) < 4.78 is 0. The molecule has 1 atom stereocenters. The average Bonchev–Trinajstić information content (AvgIpc) is 2.20. The normalized spacial score (nSPS) is 12.9.